The molecule has 1 atom stereocenters. The molecule has 3 rings (SSSR count). The first-order chi connectivity index (χ1) is 11.0. The number of anilines is 2. The van der Waals surface area contributed by atoms with Gasteiger partial charge in [0, 0.05) is 10.7 Å². The lowest BCUT2D eigenvalue weighted by Crippen LogP contribution is -2.39. The third-order valence-corrected chi connectivity index (χ3v) is 3.78. The molecule has 0 aromatic heterocycles. The van der Waals surface area contributed by atoms with Crippen LogP contribution in [-0.4, -0.2) is 17.9 Å². The van der Waals surface area contributed by atoms with Crippen LogP contribution in [0.3, 0.4) is 0 Å². The van der Waals surface area contributed by atoms with Gasteiger partial charge in [-0.2, -0.15) is 0 Å². The highest BCUT2D eigenvalue weighted by atomic mass is 35.5. The fourth-order valence-electron chi connectivity index (χ4n) is 2.36. The summed E-state index contributed by atoms with van der Waals surface area (Å²) >= 11 is 5.89. The largest absolute Gasteiger partial charge is 0.478 e. The van der Waals surface area contributed by atoms with Crippen LogP contribution in [0.2, 0.25) is 5.02 Å². The quantitative estimate of drug-likeness (QED) is 0.906. The minimum atomic E-state index is -0.850. The number of rotatable bonds is 3. The van der Waals surface area contributed by atoms with E-state index in [1.54, 1.807) is 36.4 Å². The van der Waals surface area contributed by atoms with Gasteiger partial charge in [-0.05, 0) is 42.8 Å². The topological polar surface area (TPSA) is 67.4 Å². The molecule has 0 radical (unpaired) electrons. The van der Waals surface area contributed by atoms with Crippen LogP contribution in [0.25, 0.3) is 0 Å². The lowest BCUT2D eigenvalue weighted by molar-refractivity contribution is -0.128. The molecule has 2 N–H and O–H groups in total. The number of benzene rings is 2. The molecular formula is C17H15ClN2O3. The molecule has 1 aliphatic heterocycles. The Balaban J connectivity index is 1.67. The summed E-state index contributed by atoms with van der Waals surface area (Å²) < 4.78 is 5.61. The summed E-state index contributed by atoms with van der Waals surface area (Å²) in [6, 6.07) is 12.3. The number of carbonyl (C=O) groups excluding carboxylic acids is 2. The first-order valence-corrected chi connectivity index (χ1v) is 7.53. The van der Waals surface area contributed by atoms with E-state index in [2.05, 4.69) is 10.6 Å². The fourth-order valence-corrected chi connectivity index (χ4v) is 2.59. The minimum absolute atomic E-state index is 0.0672. The second-order valence-electron chi connectivity index (χ2n) is 5.30. The molecule has 23 heavy (non-hydrogen) atoms. The van der Waals surface area contributed by atoms with E-state index in [-0.39, 0.29) is 18.2 Å². The van der Waals surface area contributed by atoms with Gasteiger partial charge in [0.15, 0.2) is 6.10 Å². The average molecular weight is 331 g/mol. The average Bonchev–Trinajstić information content (AvgIpc) is 2.51. The zero-order valence-corrected chi connectivity index (χ0v) is 13.2. The van der Waals surface area contributed by atoms with Crippen LogP contribution in [0.15, 0.2) is 42.5 Å². The maximum absolute atomic E-state index is 12.2. The summed E-state index contributed by atoms with van der Waals surface area (Å²) in [6.45, 7) is 1.85. The predicted octanol–water partition coefficient (Wildman–Crippen LogP) is 3.38. The van der Waals surface area contributed by atoms with Gasteiger partial charge in [-0.3, -0.25) is 9.59 Å². The Morgan fingerprint density at radius 3 is 2.87 bits per heavy atom. The normalized spacial score (nSPS) is 16.1. The summed E-state index contributed by atoms with van der Waals surface area (Å²) in [4.78, 5) is 24.2. The molecule has 0 aliphatic carbocycles. The number of aryl methyl sites for hydroxylation is 1. The van der Waals surface area contributed by atoms with Gasteiger partial charge in [0.25, 0.3) is 5.91 Å². The number of para-hydroxylation sites is 2. The van der Waals surface area contributed by atoms with Crippen molar-refractivity contribution in [2.24, 2.45) is 0 Å². The summed E-state index contributed by atoms with van der Waals surface area (Å²) in [5, 5.41) is 6.11. The summed E-state index contributed by atoms with van der Waals surface area (Å²) in [5.74, 6) is -0.0609. The van der Waals surface area contributed by atoms with Gasteiger partial charge in [-0.15, -0.1) is 0 Å². The van der Waals surface area contributed by atoms with Crippen LogP contribution in [-0.2, 0) is 9.59 Å². The molecule has 0 fully saturated rings. The molecule has 5 nitrogen and oxygen atoms in total. The van der Waals surface area contributed by atoms with Crippen LogP contribution in [0, 0.1) is 6.92 Å². The number of halogens is 1. The van der Waals surface area contributed by atoms with Gasteiger partial charge < -0.3 is 15.4 Å². The van der Waals surface area contributed by atoms with Gasteiger partial charge in [-0.25, -0.2) is 0 Å². The van der Waals surface area contributed by atoms with Crippen LogP contribution in [0.4, 0.5) is 11.4 Å². The van der Waals surface area contributed by atoms with E-state index in [4.69, 9.17) is 16.3 Å². The standard InChI is InChI=1S/C17H15ClN2O3/c1-10-8-11(18)6-7-12(10)19-16(21)9-15-17(22)20-13-4-2-3-5-14(13)23-15/h2-8,15H,9H2,1H3,(H,19,21)(H,20,22). The van der Waals surface area contributed by atoms with E-state index >= 15 is 0 Å². The zero-order valence-electron chi connectivity index (χ0n) is 12.4. The van der Waals surface area contributed by atoms with E-state index < -0.39 is 6.10 Å². The van der Waals surface area contributed by atoms with Crippen molar-refractivity contribution in [2.45, 2.75) is 19.4 Å². The van der Waals surface area contributed by atoms with Crippen LogP contribution >= 0.6 is 11.6 Å². The fraction of sp³-hybridized carbons (Fsp3) is 0.176. The molecule has 2 aromatic rings. The van der Waals surface area contributed by atoms with E-state index in [0.29, 0.717) is 22.1 Å². The van der Waals surface area contributed by atoms with Crippen molar-refractivity contribution in [3.63, 3.8) is 0 Å². The van der Waals surface area contributed by atoms with E-state index in [1.807, 2.05) is 13.0 Å². The zero-order chi connectivity index (χ0) is 16.4. The van der Waals surface area contributed by atoms with Gasteiger partial charge in [0.2, 0.25) is 5.91 Å². The van der Waals surface area contributed by atoms with Crippen molar-refractivity contribution in [3.8, 4) is 5.75 Å². The summed E-state index contributed by atoms with van der Waals surface area (Å²) in [6.07, 6.45) is -0.917. The Labute approximate surface area is 138 Å². The van der Waals surface area contributed by atoms with Crippen LogP contribution in [0.1, 0.15) is 12.0 Å². The molecule has 0 bridgehead atoms. The number of fused-ring (bicyclic) bond motifs is 1. The number of nitrogens with one attached hydrogen (secondary N) is 2. The van der Waals surface area contributed by atoms with E-state index in [1.165, 1.54) is 0 Å². The first kappa shape index (κ1) is 15.4. The van der Waals surface area contributed by atoms with Gasteiger partial charge in [-0.1, -0.05) is 23.7 Å². The summed E-state index contributed by atoms with van der Waals surface area (Å²) in [5.41, 5.74) is 2.13. The van der Waals surface area contributed by atoms with Crippen molar-refractivity contribution in [3.05, 3.63) is 53.1 Å². The molecule has 118 valence electrons. The molecule has 2 aromatic carbocycles. The molecule has 1 unspecified atom stereocenters. The monoisotopic (exact) mass is 330 g/mol. The van der Waals surface area contributed by atoms with Crippen molar-refractivity contribution in [1.29, 1.82) is 0 Å². The Morgan fingerprint density at radius 1 is 1.30 bits per heavy atom. The third kappa shape index (κ3) is 3.46. The number of carbonyl (C=O) groups is 2. The van der Waals surface area contributed by atoms with E-state index in [0.717, 1.165) is 5.56 Å². The maximum Gasteiger partial charge on any atom is 0.266 e. The lowest BCUT2D eigenvalue weighted by Gasteiger charge is -2.25. The van der Waals surface area contributed by atoms with Crippen molar-refractivity contribution < 1.29 is 14.3 Å². The lowest BCUT2D eigenvalue weighted by atomic mass is 10.1. The molecular weight excluding hydrogens is 316 g/mol. The number of ether oxygens (including phenoxy) is 1. The molecule has 2 amide bonds. The minimum Gasteiger partial charge on any atom is -0.478 e. The van der Waals surface area contributed by atoms with Crippen LogP contribution in [0.5, 0.6) is 5.75 Å². The van der Waals surface area contributed by atoms with Crippen molar-refractivity contribution in [1.82, 2.24) is 0 Å². The first-order valence-electron chi connectivity index (χ1n) is 7.15. The molecule has 1 heterocycles. The molecule has 0 spiro atoms. The molecule has 6 heteroatoms. The Kier molecular flexibility index (Phi) is 4.21. The molecule has 0 saturated heterocycles. The smallest absolute Gasteiger partial charge is 0.266 e. The van der Waals surface area contributed by atoms with E-state index in [9.17, 15) is 9.59 Å². The predicted molar refractivity (Wildman–Crippen MR) is 88.9 cm³/mol. The highest BCUT2D eigenvalue weighted by molar-refractivity contribution is 6.30. The maximum atomic E-state index is 12.2. The Morgan fingerprint density at radius 2 is 2.09 bits per heavy atom. The molecule has 1 aliphatic rings. The van der Waals surface area contributed by atoms with Crippen molar-refractivity contribution >= 4 is 34.8 Å². The number of amides is 2. The van der Waals surface area contributed by atoms with Gasteiger partial charge in [0.05, 0.1) is 12.1 Å². The highest BCUT2D eigenvalue weighted by Gasteiger charge is 2.29. The second-order valence-corrected chi connectivity index (χ2v) is 5.74. The van der Waals surface area contributed by atoms with Gasteiger partial charge in [0.1, 0.15) is 5.75 Å². The van der Waals surface area contributed by atoms with Gasteiger partial charge >= 0.3 is 0 Å². The molecule has 0 saturated carbocycles. The highest BCUT2D eigenvalue weighted by Crippen LogP contribution is 2.29. The summed E-state index contributed by atoms with van der Waals surface area (Å²) in [7, 11) is 0. The van der Waals surface area contributed by atoms with Crippen molar-refractivity contribution in [2.75, 3.05) is 10.6 Å². The number of hydrogen-bond acceptors (Lipinski definition) is 3. The SMILES string of the molecule is Cc1cc(Cl)ccc1NC(=O)CC1Oc2ccccc2NC1=O. The third-order valence-electron chi connectivity index (χ3n) is 3.54. The Hall–Kier alpha value is -2.53. The second kappa shape index (κ2) is 6.30. The van der Waals surface area contributed by atoms with Crippen LogP contribution < -0.4 is 15.4 Å². The number of hydrogen-bond donors (Lipinski definition) is 2. The Bertz CT molecular complexity index is 776.